The molecule has 1 unspecified atom stereocenters. The summed E-state index contributed by atoms with van der Waals surface area (Å²) in [6, 6.07) is 4.80. The minimum Gasteiger partial charge on any atom is -0.444 e. The molecule has 0 spiro atoms. The Labute approximate surface area is 142 Å². The largest absolute Gasteiger partial charge is 0.444 e. The fraction of sp³-hybridized carbons (Fsp3) is 0.556. The number of benzene rings is 1. The van der Waals surface area contributed by atoms with Gasteiger partial charge in [0.2, 0.25) is 0 Å². The first-order valence-electron chi connectivity index (χ1n) is 8.15. The van der Waals surface area contributed by atoms with E-state index in [1.54, 1.807) is 17.9 Å². The van der Waals surface area contributed by atoms with E-state index < -0.39 is 11.4 Å². The van der Waals surface area contributed by atoms with Crippen LogP contribution in [0.1, 0.15) is 44.7 Å². The van der Waals surface area contributed by atoms with Crippen molar-refractivity contribution in [3.8, 4) is 6.07 Å². The molecule has 1 aliphatic heterocycles. The molecule has 130 valence electrons. The standard InChI is InChI=1S/C18H24FN3O2/c1-12-15(19)8-13(10-20)9-16(12)21-11-14-6-5-7-22(14)17(23)24-18(2,3)4/h8-9,14,21H,5-7,11H2,1-4H3. The summed E-state index contributed by atoms with van der Waals surface area (Å²) in [4.78, 5) is 14.0. The zero-order valence-electron chi connectivity index (χ0n) is 14.6. The molecule has 2 rings (SSSR count). The lowest BCUT2D eigenvalue weighted by Crippen LogP contribution is -2.42. The van der Waals surface area contributed by atoms with Crippen LogP contribution in [0.4, 0.5) is 14.9 Å². The Hall–Kier alpha value is -2.29. The number of nitrogens with zero attached hydrogens (tertiary/aromatic N) is 2. The number of likely N-dealkylation sites (tertiary alicyclic amines) is 1. The number of hydrogen-bond donors (Lipinski definition) is 1. The van der Waals surface area contributed by atoms with Crippen LogP contribution in [0.25, 0.3) is 0 Å². The molecule has 1 atom stereocenters. The maximum atomic E-state index is 13.8. The number of halogens is 1. The van der Waals surface area contributed by atoms with E-state index in [2.05, 4.69) is 5.32 Å². The average Bonchev–Trinajstić information content (AvgIpc) is 2.95. The summed E-state index contributed by atoms with van der Waals surface area (Å²) >= 11 is 0. The van der Waals surface area contributed by atoms with Crippen molar-refractivity contribution in [3.63, 3.8) is 0 Å². The molecule has 0 aliphatic carbocycles. The van der Waals surface area contributed by atoms with Crippen LogP contribution >= 0.6 is 0 Å². The van der Waals surface area contributed by atoms with Crippen molar-refractivity contribution in [1.82, 2.24) is 4.90 Å². The number of amides is 1. The quantitative estimate of drug-likeness (QED) is 0.913. The SMILES string of the molecule is Cc1c(F)cc(C#N)cc1NCC1CCCN1C(=O)OC(C)(C)C. The van der Waals surface area contributed by atoms with Gasteiger partial charge < -0.3 is 15.0 Å². The van der Waals surface area contributed by atoms with Crippen molar-refractivity contribution in [2.24, 2.45) is 0 Å². The van der Waals surface area contributed by atoms with Gasteiger partial charge >= 0.3 is 6.09 Å². The summed E-state index contributed by atoms with van der Waals surface area (Å²) in [5.41, 5.74) is 0.799. The maximum Gasteiger partial charge on any atom is 0.410 e. The highest BCUT2D eigenvalue weighted by atomic mass is 19.1. The second-order valence-electron chi connectivity index (χ2n) is 7.09. The van der Waals surface area contributed by atoms with Crippen molar-refractivity contribution >= 4 is 11.8 Å². The second kappa shape index (κ2) is 7.08. The average molecular weight is 333 g/mol. The number of nitriles is 1. The molecule has 1 aromatic rings. The van der Waals surface area contributed by atoms with Crippen LogP contribution in [0.15, 0.2) is 12.1 Å². The highest BCUT2D eigenvalue weighted by molar-refractivity contribution is 5.69. The van der Waals surface area contributed by atoms with E-state index in [9.17, 15) is 9.18 Å². The molecule has 1 aliphatic rings. The summed E-state index contributed by atoms with van der Waals surface area (Å²) < 4.78 is 19.3. The molecule has 1 aromatic carbocycles. The molecule has 6 heteroatoms. The molecule has 1 N–H and O–H groups in total. The predicted molar refractivity (Wildman–Crippen MR) is 90.3 cm³/mol. The monoisotopic (exact) mass is 333 g/mol. The van der Waals surface area contributed by atoms with Crippen LogP contribution in [0, 0.1) is 24.1 Å². The Morgan fingerprint density at radius 3 is 2.83 bits per heavy atom. The lowest BCUT2D eigenvalue weighted by Gasteiger charge is -2.29. The van der Waals surface area contributed by atoms with E-state index in [4.69, 9.17) is 10.00 Å². The molecule has 0 bridgehead atoms. The predicted octanol–water partition coefficient (Wildman–Crippen LogP) is 3.82. The summed E-state index contributed by atoms with van der Waals surface area (Å²) in [5, 5.41) is 12.1. The summed E-state index contributed by atoms with van der Waals surface area (Å²) in [5.74, 6) is -0.410. The van der Waals surface area contributed by atoms with E-state index >= 15 is 0 Å². The molecule has 1 saturated heterocycles. The van der Waals surface area contributed by atoms with E-state index in [1.807, 2.05) is 26.8 Å². The first-order valence-corrected chi connectivity index (χ1v) is 8.15. The van der Waals surface area contributed by atoms with Crippen LogP contribution in [-0.4, -0.2) is 35.7 Å². The molecule has 0 aromatic heterocycles. The normalized spacial score (nSPS) is 17.5. The lowest BCUT2D eigenvalue weighted by atomic mass is 10.1. The van der Waals surface area contributed by atoms with E-state index in [0.717, 1.165) is 12.8 Å². The van der Waals surface area contributed by atoms with Gasteiger partial charge in [-0.05, 0) is 52.7 Å². The molecule has 0 radical (unpaired) electrons. The third-order valence-corrected chi connectivity index (χ3v) is 4.01. The number of carbonyl (C=O) groups excluding carboxylic acids is 1. The Kier molecular flexibility index (Phi) is 5.33. The zero-order valence-corrected chi connectivity index (χ0v) is 14.6. The highest BCUT2D eigenvalue weighted by Gasteiger charge is 2.32. The van der Waals surface area contributed by atoms with Crippen molar-refractivity contribution in [2.75, 3.05) is 18.4 Å². The van der Waals surface area contributed by atoms with Gasteiger partial charge in [0.25, 0.3) is 0 Å². The number of carbonyl (C=O) groups is 1. The minimum absolute atomic E-state index is 0.00643. The van der Waals surface area contributed by atoms with Gasteiger partial charge in [-0.25, -0.2) is 9.18 Å². The van der Waals surface area contributed by atoms with Gasteiger partial charge in [-0.15, -0.1) is 0 Å². The van der Waals surface area contributed by atoms with Gasteiger partial charge in [0, 0.05) is 24.3 Å². The fourth-order valence-electron chi connectivity index (χ4n) is 2.76. The lowest BCUT2D eigenvalue weighted by molar-refractivity contribution is 0.0235. The first kappa shape index (κ1) is 18.1. The van der Waals surface area contributed by atoms with Crippen molar-refractivity contribution in [2.45, 2.75) is 52.2 Å². The van der Waals surface area contributed by atoms with E-state index in [0.29, 0.717) is 24.3 Å². The van der Waals surface area contributed by atoms with Crippen LogP contribution in [0.3, 0.4) is 0 Å². The van der Waals surface area contributed by atoms with Gasteiger partial charge in [-0.1, -0.05) is 0 Å². The first-order chi connectivity index (χ1) is 11.2. The molecule has 5 nitrogen and oxygen atoms in total. The van der Waals surface area contributed by atoms with Gasteiger partial charge in [0.15, 0.2) is 0 Å². The highest BCUT2D eigenvalue weighted by Crippen LogP contribution is 2.24. The number of anilines is 1. The summed E-state index contributed by atoms with van der Waals surface area (Å²) in [7, 11) is 0. The topological polar surface area (TPSA) is 65.4 Å². The molecular weight excluding hydrogens is 309 g/mol. The van der Waals surface area contributed by atoms with E-state index in [-0.39, 0.29) is 17.7 Å². The number of nitrogens with one attached hydrogen (secondary N) is 1. The Bertz CT molecular complexity index is 661. The van der Waals surface area contributed by atoms with Crippen LogP contribution in [0.5, 0.6) is 0 Å². The number of rotatable bonds is 3. The molecule has 24 heavy (non-hydrogen) atoms. The minimum atomic E-state index is -0.529. The second-order valence-corrected chi connectivity index (χ2v) is 7.09. The molecule has 1 amide bonds. The molecular formula is C18H24FN3O2. The zero-order chi connectivity index (χ0) is 17.9. The molecule has 1 fully saturated rings. The van der Waals surface area contributed by atoms with Crippen molar-refractivity contribution < 1.29 is 13.9 Å². The molecule has 1 heterocycles. The Morgan fingerprint density at radius 2 is 2.21 bits per heavy atom. The van der Waals surface area contributed by atoms with Crippen molar-refractivity contribution in [1.29, 1.82) is 5.26 Å². The van der Waals surface area contributed by atoms with Crippen molar-refractivity contribution in [3.05, 3.63) is 29.1 Å². The Morgan fingerprint density at radius 1 is 1.50 bits per heavy atom. The smallest absolute Gasteiger partial charge is 0.410 e. The molecule has 0 saturated carbocycles. The summed E-state index contributed by atoms with van der Waals surface area (Å²) in [6.45, 7) is 8.34. The van der Waals surface area contributed by atoms with E-state index in [1.165, 1.54) is 6.07 Å². The Balaban J connectivity index is 2.05. The third kappa shape index (κ3) is 4.38. The number of hydrogen-bond acceptors (Lipinski definition) is 4. The maximum absolute atomic E-state index is 13.8. The van der Waals surface area contributed by atoms with Crippen LogP contribution < -0.4 is 5.32 Å². The van der Waals surface area contributed by atoms with Crippen LogP contribution in [0.2, 0.25) is 0 Å². The number of ether oxygens (including phenoxy) is 1. The summed E-state index contributed by atoms with van der Waals surface area (Å²) in [6.07, 6.45) is 1.46. The van der Waals surface area contributed by atoms with Gasteiger partial charge in [0.05, 0.1) is 17.7 Å². The van der Waals surface area contributed by atoms with Crippen LogP contribution in [-0.2, 0) is 4.74 Å². The van der Waals surface area contributed by atoms with Gasteiger partial charge in [-0.3, -0.25) is 0 Å². The third-order valence-electron chi connectivity index (χ3n) is 4.01. The van der Waals surface area contributed by atoms with Gasteiger partial charge in [0.1, 0.15) is 11.4 Å². The van der Waals surface area contributed by atoms with Gasteiger partial charge in [-0.2, -0.15) is 5.26 Å². The fourth-order valence-corrected chi connectivity index (χ4v) is 2.76.